The largest absolute Gasteiger partial charge is 0.353 e. The Bertz CT molecular complexity index is 353. The monoisotopic (exact) mass is 295 g/mol. The summed E-state index contributed by atoms with van der Waals surface area (Å²) in [6.45, 7) is 4.32. The Morgan fingerprint density at radius 3 is 2.62 bits per heavy atom. The normalized spacial score (nSPS) is 23.1. The van der Waals surface area contributed by atoms with Crippen molar-refractivity contribution in [2.75, 3.05) is 19.6 Å². The van der Waals surface area contributed by atoms with E-state index in [1.807, 2.05) is 4.90 Å². The first kappa shape index (κ1) is 16.1. The summed E-state index contributed by atoms with van der Waals surface area (Å²) in [7, 11) is 0. The second-order valence-electron chi connectivity index (χ2n) is 6.39. The molecule has 21 heavy (non-hydrogen) atoms. The predicted molar refractivity (Wildman–Crippen MR) is 83.0 cm³/mol. The van der Waals surface area contributed by atoms with Crippen molar-refractivity contribution < 1.29 is 9.59 Å². The van der Waals surface area contributed by atoms with Crippen LogP contribution in [0.2, 0.25) is 0 Å². The summed E-state index contributed by atoms with van der Waals surface area (Å²) in [5.41, 5.74) is 0. The molecule has 0 aromatic rings. The van der Waals surface area contributed by atoms with Crippen molar-refractivity contribution in [3.63, 3.8) is 0 Å². The van der Waals surface area contributed by atoms with Crippen LogP contribution in [-0.4, -0.2) is 42.5 Å². The molecule has 1 unspecified atom stereocenters. The minimum Gasteiger partial charge on any atom is -0.353 e. The number of carbonyl (C=O) groups excluding carboxylic acids is 2. The lowest BCUT2D eigenvalue weighted by Crippen LogP contribution is -2.46. The minimum absolute atomic E-state index is 0.0122. The molecule has 1 aliphatic carbocycles. The van der Waals surface area contributed by atoms with Crippen LogP contribution < -0.4 is 10.6 Å². The highest BCUT2D eigenvalue weighted by Crippen LogP contribution is 2.19. The van der Waals surface area contributed by atoms with E-state index in [9.17, 15) is 9.59 Å². The first-order valence-corrected chi connectivity index (χ1v) is 8.51. The predicted octanol–water partition coefficient (Wildman–Crippen LogP) is 2.27. The van der Waals surface area contributed by atoms with Gasteiger partial charge in [0.15, 0.2) is 0 Å². The zero-order valence-electron chi connectivity index (χ0n) is 13.2. The number of nitrogens with zero attached hydrogens (tertiary/aromatic N) is 1. The van der Waals surface area contributed by atoms with Crippen LogP contribution >= 0.6 is 0 Å². The van der Waals surface area contributed by atoms with Crippen molar-refractivity contribution in [3.8, 4) is 0 Å². The third kappa shape index (κ3) is 5.21. The first-order valence-electron chi connectivity index (χ1n) is 8.51. The van der Waals surface area contributed by atoms with Gasteiger partial charge in [0.05, 0.1) is 0 Å². The number of hydrogen-bond donors (Lipinski definition) is 2. The van der Waals surface area contributed by atoms with E-state index in [1.54, 1.807) is 0 Å². The molecule has 5 heteroatoms. The number of amides is 3. The molecule has 2 N–H and O–H groups in total. The fraction of sp³-hybridized carbons (Fsp3) is 0.875. The van der Waals surface area contributed by atoms with Gasteiger partial charge >= 0.3 is 6.03 Å². The van der Waals surface area contributed by atoms with Gasteiger partial charge in [-0.3, -0.25) is 4.79 Å². The highest BCUT2D eigenvalue weighted by Gasteiger charge is 2.22. The van der Waals surface area contributed by atoms with Gasteiger partial charge in [-0.05, 0) is 31.6 Å². The number of nitrogens with one attached hydrogen (secondary N) is 2. The van der Waals surface area contributed by atoms with Gasteiger partial charge in [-0.25, -0.2) is 4.79 Å². The molecule has 3 amide bonds. The summed E-state index contributed by atoms with van der Waals surface area (Å²) in [5, 5.41) is 5.92. The molecule has 1 heterocycles. The Morgan fingerprint density at radius 2 is 1.90 bits per heavy atom. The Hall–Kier alpha value is -1.26. The number of rotatable bonds is 5. The van der Waals surface area contributed by atoms with E-state index in [0.717, 1.165) is 38.8 Å². The molecule has 2 fully saturated rings. The standard InChI is InChI=1S/C16H29N3O2/c1-2-13-6-5-11-19(12-13)16(21)17-10-9-15(20)18-14-7-3-4-8-14/h13-14H,2-12H2,1H3,(H,17,21)(H,18,20). The van der Waals surface area contributed by atoms with E-state index in [4.69, 9.17) is 0 Å². The van der Waals surface area contributed by atoms with E-state index in [-0.39, 0.29) is 11.9 Å². The van der Waals surface area contributed by atoms with E-state index < -0.39 is 0 Å². The van der Waals surface area contributed by atoms with Crippen LogP contribution in [-0.2, 0) is 4.79 Å². The molecule has 2 aliphatic rings. The summed E-state index contributed by atoms with van der Waals surface area (Å²) in [5.74, 6) is 0.697. The topological polar surface area (TPSA) is 61.4 Å². The Kier molecular flexibility index (Phi) is 6.33. The molecule has 1 saturated heterocycles. The lowest BCUT2D eigenvalue weighted by Gasteiger charge is -2.32. The molecule has 0 radical (unpaired) electrons. The average molecular weight is 295 g/mol. The maximum Gasteiger partial charge on any atom is 0.317 e. The van der Waals surface area contributed by atoms with Crippen molar-refractivity contribution in [1.82, 2.24) is 15.5 Å². The number of hydrogen-bond acceptors (Lipinski definition) is 2. The number of carbonyl (C=O) groups is 2. The molecular formula is C16H29N3O2. The van der Waals surface area contributed by atoms with Crippen molar-refractivity contribution in [1.29, 1.82) is 0 Å². The zero-order valence-corrected chi connectivity index (χ0v) is 13.2. The number of urea groups is 1. The zero-order chi connectivity index (χ0) is 15.1. The molecule has 0 aromatic heterocycles. The molecule has 120 valence electrons. The van der Waals surface area contributed by atoms with Crippen LogP contribution in [0.25, 0.3) is 0 Å². The number of piperidine rings is 1. The quantitative estimate of drug-likeness (QED) is 0.817. The van der Waals surface area contributed by atoms with E-state index in [1.165, 1.54) is 19.3 Å². The third-order valence-corrected chi connectivity index (χ3v) is 4.73. The molecule has 5 nitrogen and oxygen atoms in total. The van der Waals surface area contributed by atoms with Crippen molar-refractivity contribution in [2.45, 2.75) is 64.3 Å². The summed E-state index contributed by atoms with van der Waals surface area (Å²) >= 11 is 0. The van der Waals surface area contributed by atoms with Crippen molar-refractivity contribution in [3.05, 3.63) is 0 Å². The van der Waals surface area contributed by atoms with E-state index in [2.05, 4.69) is 17.6 Å². The van der Waals surface area contributed by atoms with Gasteiger partial charge in [-0.1, -0.05) is 26.2 Å². The highest BCUT2D eigenvalue weighted by molar-refractivity contribution is 5.78. The van der Waals surface area contributed by atoms with Crippen molar-refractivity contribution in [2.24, 2.45) is 5.92 Å². The molecular weight excluding hydrogens is 266 g/mol. The van der Waals surface area contributed by atoms with Gasteiger partial charge in [-0.2, -0.15) is 0 Å². The third-order valence-electron chi connectivity index (χ3n) is 4.73. The van der Waals surface area contributed by atoms with Gasteiger partial charge < -0.3 is 15.5 Å². The summed E-state index contributed by atoms with van der Waals surface area (Å²) in [4.78, 5) is 25.7. The van der Waals surface area contributed by atoms with Gasteiger partial charge in [0.1, 0.15) is 0 Å². The molecule has 1 saturated carbocycles. The highest BCUT2D eigenvalue weighted by atomic mass is 16.2. The number of likely N-dealkylation sites (tertiary alicyclic amines) is 1. The van der Waals surface area contributed by atoms with Crippen LogP contribution in [0.3, 0.4) is 0 Å². The summed E-state index contributed by atoms with van der Waals surface area (Å²) in [6.07, 6.45) is 8.47. The molecule has 1 atom stereocenters. The summed E-state index contributed by atoms with van der Waals surface area (Å²) < 4.78 is 0. The summed E-state index contributed by atoms with van der Waals surface area (Å²) in [6, 6.07) is 0.349. The Balaban J connectivity index is 1.61. The molecule has 0 spiro atoms. The van der Waals surface area contributed by atoms with Crippen molar-refractivity contribution >= 4 is 11.9 Å². The van der Waals surface area contributed by atoms with E-state index in [0.29, 0.717) is 24.9 Å². The average Bonchev–Trinajstić information content (AvgIpc) is 3.00. The Labute approximate surface area is 127 Å². The van der Waals surface area contributed by atoms with Crippen LogP contribution in [0.15, 0.2) is 0 Å². The van der Waals surface area contributed by atoms with Gasteiger partial charge in [0.2, 0.25) is 5.91 Å². The van der Waals surface area contributed by atoms with Crippen LogP contribution in [0.1, 0.15) is 58.3 Å². The molecule has 0 bridgehead atoms. The van der Waals surface area contributed by atoms with Gasteiger partial charge in [-0.15, -0.1) is 0 Å². The molecule has 2 rings (SSSR count). The lowest BCUT2D eigenvalue weighted by molar-refractivity contribution is -0.121. The van der Waals surface area contributed by atoms with Crippen LogP contribution in [0.5, 0.6) is 0 Å². The second kappa shape index (κ2) is 8.25. The maximum atomic E-state index is 12.1. The maximum absolute atomic E-state index is 12.1. The van der Waals surface area contributed by atoms with Gasteiger partial charge in [0, 0.05) is 32.1 Å². The lowest BCUT2D eigenvalue weighted by atomic mass is 9.96. The fourth-order valence-corrected chi connectivity index (χ4v) is 3.35. The van der Waals surface area contributed by atoms with Gasteiger partial charge in [0.25, 0.3) is 0 Å². The second-order valence-corrected chi connectivity index (χ2v) is 6.39. The smallest absolute Gasteiger partial charge is 0.317 e. The molecule has 1 aliphatic heterocycles. The van der Waals surface area contributed by atoms with Crippen LogP contribution in [0, 0.1) is 5.92 Å². The minimum atomic E-state index is -0.0122. The fourth-order valence-electron chi connectivity index (χ4n) is 3.35. The first-order chi connectivity index (χ1) is 10.2. The van der Waals surface area contributed by atoms with E-state index >= 15 is 0 Å². The SMILES string of the molecule is CCC1CCCN(C(=O)NCCC(=O)NC2CCCC2)C1. The Morgan fingerprint density at radius 1 is 1.14 bits per heavy atom. The van der Waals surface area contributed by atoms with Crippen LogP contribution in [0.4, 0.5) is 4.79 Å². The molecule has 0 aromatic carbocycles.